The summed E-state index contributed by atoms with van der Waals surface area (Å²) in [5.41, 5.74) is 1.88. The lowest BCUT2D eigenvalue weighted by atomic mass is 10.0. The van der Waals surface area contributed by atoms with Crippen LogP contribution in [0.1, 0.15) is 11.3 Å². The van der Waals surface area contributed by atoms with Crippen molar-refractivity contribution in [3.8, 4) is 11.3 Å². The lowest BCUT2D eigenvalue weighted by Gasteiger charge is -2.25. The van der Waals surface area contributed by atoms with Gasteiger partial charge in [0, 0.05) is 25.1 Å². The number of halogens is 2. The average Bonchev–Trinajstić information content (AvgIpc) is 3.38. The predicted molar refractivity (Wildman–Crippen MR) is 133 cm³/mol. The summed E-state index contributed by atoms with van der Waals surface area (Å²) in [5.74, 6) is 0.295. The zero-order valence-corrected chi connectivity index (χ0v) is 19.8. The number of hydrogen-bond acceptors (Lipinski definition) is 4. The molecule has 2 heterocycles. The Morgan fingerprint density at radius 2 is 1.91 bits per heavy atom. The van der Waals surface area contributed by atoms with Gasteiger partial charge in [0.1, 0.15) is 23.3 Å². The standard InChI is InChI=1S/C24H19Cl2N3O3S/c1-27-22(30)20(11-14-5-3-2-4-6-14)29-23(31)19(28-24(29)33)13-16-8-10-21(32-16)15-7-9-17(25)18(26)12-15/h2-10,12-13,20H,11H2,1H3,(H,27,30)(H,28,33). The molecule has 2 N–H and O–H groups in total. The van der Waals surface area contributed by atoms with Crippen molar-refractivity contribution in [3.63, 3.8) is 0 Å². The van der Waals surface area contributed by atoms with Crippen LogP contribution in [0.25, 0.3) is 17.4 Å². The third-order valence-electron chi connectivity index (χ3n) is 5.16. The summed E-state index contributed by atoms with van der Waals surface area (Å²) in [6, 6.07) is 17.3. The molecule has 2 aromatic carbocycles. The third-order valence-corrected chi connectivity index (χ3v) is 6.20. The fraction of sp³-hybridized carbons (Fsp3) is 0.125. The minimum atomic E-state index is -0.792. The fourth-order valence-corrected chi connectivity index (χ4v) is 4.13. The van der Waals surface area contributed by atoms with Crippen LogP contribution in [0.2, 0.25) is 10.0 Å². The van der Waals surface area contributed by atoms with Crippen molar-refractivity contribution in [3.05, 3.63) is 87.7 Å². The highest BCUT2D eigenvalue weighted by Gasteiger charge is 2.39. The first-order valence-corrected chi connectivity index (χ1v) is 11.2. The van der Waals surface area contributed by atoms with E-state index in [0.29, 0.717) is 28.0 Å². The molecule has 3 aromatic rings. The van der Waals surface area contributed by atoms with Gasteiger partial charge in [-0.25, -0.2) is 0 Å². The first-order valence-electron chi connectivity index (χ1n) is 10.0. The first-order chi connectivity index (χ1) is 15.9. The average molecular weight is 500 g/mol. The van der Waals surface area contributed by atoms with E-state index in [2.05, 4.69) is 10.6 Å². The van der Waals surface area contributed by atoms with Crippen LogP contribution >= 0.6 is 35.4 Å². The van der Waals surface area contributed by atoms with E-state index in [1.165, 1.54) is 11.9 Å². The zero-order chi connectivity index (χ0) is 23.5. The van der Waals surface area contributed by atoms with Crippen molar-refractivity contribution in [2.75, 3.05) is 7.05 Å². The molecule has 168 valence electrons. The second-order valence-corrected chi connectivity index (χ2v) is 8.52. The largest absolute Gasteiger partial charge is 0.457 e. The molecule has 33 heavy (non-hydrogen) atoms. The summed E-state index contributed by atoms with van der Waals surface area (Å²) in [6.07, 6.45) is 1.88. The lowest BCUT2D eigenvalue weighted by Crippen LogP contribution is -2.50. The van der Waals surface area contributed by atoms with Crippen molar-refractivity contribution in [1.29, 1.82) is 0 Å². The highest BCUT2D eigenvalue weighted by molar-refractivity contribution is 7.80. The van der Waals surface area contributed by atoms with Crippen LogP contribution in [0.4, 0.5) is 0 Å². The highest BCUT2D eigenvalue weighted by Crippen LogP contribution is 2.30. The third kappa shape index (κ3) is 4.95. The molecule has 1 atom stereocenters. The van der Waals surface area contributed by atoms with Crippen molar-refractivity contribution in [1.82, 2.24) is 15.5 Å². The van der Waals surface area contributed by atoms with E-state index in [1.807, 2.05) is 30.3 Å². The van der Waals surface area contributed by atoms with E-state index in [9.17, 15) is 9.59 Å². The number of rotatable bonds is 6. The van der Waals surface area contributed by atoms with Crippen LogP contribution in [-0.4, -0.2) is 34.9 Å². The topological polar surface area (TPSA) is 74.6 Å². The van der Waals surface area contributed by atoms with Gasteiger partial charge >= 0.3 is 0 Å². The van der Waals surface area contributed by atoms with Gasteiger partial charge in [-0.2, -0.15) is 0 Å². The van der Waals surface area contributed by atoms with Crippen LogP contribution < -0.4 is 10.6 Å². The Morgan fingerprint density at radius 3 is 2.61 bits per heavy atom. The maximum absolute atomic E-state index is 13.2. The van der Waals surface area contributed by atoms with Gasteiger partial charge in [-0.1, -0.05) is 53.5 Å². The summed E-state index contributed by atoms with van der Waals surface area (Å²) in [7, 11) is 1.53. The Morgan fingerprint density at radius 1 is 1.15 bits per heavy atom. The summed E-state index contributed by atoms with van der Waals surface area (Å²) in [4.78, 5) is 27.1. The van der Waals surface area contributed by atoms with Crippen LogP contribution in [-0.2, 0) is 16.0 Å². The number of carbonyl (C=O) groups is 2. The summed E-state index contributed by atoms with van der Waals surface area (Å²) < 4.78 is 5.86. The van der Waals surface area contributed by atoms with Crippen LogP contribution in [0.3, 0.4) is 0 Å². The number of amides is 2. The van der Waals surface area contributed by atoms with Crippen molar-refractivity contribution >= 4 is 58.4 Å². The number of likely N-dealkylation sites (N-methyl/N-ethyl adjacent to an activating group) is 1. The second kappa shape index (κ2) is 9.79. The van der Waals surface area contributed by atoms with Gasteiger partial charge < -0.3 is 15.1 Å². The van der Waals surface area contributed by atoms with Crippen LogP contribution in [0.5, 0.6) is 0 Å². The molecule has 1 fully saturated rings. The van der Waals surface area contributed by atoms with Gasteiger partial charge in [0.15, 0.2) is 5.11 Å². The molecule has 1 saturated heterocycles. The van der Waals surface area contributed by atoms with Crippen LogP contribution in [0, 0.1) is 0 Å². The first kappa shape index (κ1) is 23.0. The Kier molecular flexibility index (Phi) is 6.83. The maximum atomic E-state index is 13.2. The van der Waals surface area contributed by atoms with E-state index < -0.39 is 11.9 Å². The number of thiocarbonyl (C=S) groups is 1. The second-order valence-electron chi connectivity index (χ2n) is 7.31. The van der Waals surface area contributed by atoms with Gasteiger partial charge in [0.25, 0.3) is 5.91 Å². The molecule has 0 aliphatic carbocycles. The lowest BCUT2D eigenvalue weighted by molar-refractivity contribution is -0.132. The Balaban J connectivity index is 1.58. The van der Waals surface area contributed by atoms with Gasteiger partial charge in [0.2, 0.25) is 5.91 Å². The molecule has 2 amide bonds. The van der Waals surface area contributed by atoms with Crippen molar-refractivity contribution < 1.29 is 14.0 Å². The molecule has 1 unspecified atom stereocenters. The maximum Gasteiger partial charge on any atom is 0.277 e. The van der Waals surface area contributed by atoms with Crippen molar-refractivity contribution in [2.45, 2.75) is 12.5 Å². The van der Waals surface area contributed by atoms with Gasteiger partial charge in [-0.15, -0.1) is 0 Å². The smallest absolute Gasteiger partial charge is 0.277 e. The van der Waals surface area contributed by atoms with Gasteiger partial charge in [0.05, 0.1) is 10.0 Å². The summed E-state index contributed by atoms with van der Waals surface area (Å²) in [6.45, 7) is 0. The molecule has 9 heteroatoms. The molecule has 1 aliphatic heterocycles. The van der Waals surface area contributed by atoms with Gasteiger partial charge in [-0.3, -0.25) is 14.5 Å². The number of nitrogens with one attached hydrogen (secondary N) is 2. The molecule has 0 radical (unpaired) electrons. The molecular weight excluding hydrogens is 481 g/mol. The van der Waals surface area contributed by atoms with E-state index >= 15 is 0 Å². The summed E-state index contributed by atoms with van der Waals surface area (Å²) >= 11 is 17.5. The molecular formula is C24H19Cl2N3O3S. The molecule has 0 bridgehead atoms. The normalized spacial score (nSPS) is 15.6. The quantitative estimate of drug-likeness (QED) is 0.380. The van der Waals surface area contributed by atoms with E-state index in [-0.39, 0.29) is 16.7 Å². The highest BCUT2D eigenvalue weighted by atomic mass is 35.5. The molecule has 4 rings (SSSR count). The molecule has 1 aromatic heterocycles. The minimum Gasteiger partial charge on any atom is -0.457 e. The van der Waals surface area contributed by atoms with Gasteiger partial charge in [-0.05, 0) is 48.1 Å². The molecule has 0 saturated carbocycles. The Hall–Kier alpha value is -3.13. The Bertz CT molecular complexity index is 1260. The SMILES string of the molecule is CNC(=O)C(Cc1ccccc1)N1C(=O)C(=Cc2ccc(-c3ccc(Cl)c(Cl)c3)o2)NC1=S. The molecule has 6 nitrogen and oxygen atoms in total. The van der Waals surface area contributed by atoms with Crippen molar-refractivity contribution in [2.24, 2.45) is 0 Å². The predicted octanol–water partition coefficient (Wildman–Crippen LogP) is 4.67. The number of nitrogens with zero attached hydrogens (tertiary/aromatic N) is 1. The fourth-order valence-electron chi connectivity index (χ4n) is 3.51. The van der Waals surface area contributed by atoms with Crippen LogP contribution in [0.15, 0.2) is 70.8 Å². The molecule has 1 aliphatic rings. The van der Waals surface area contributed by atoms with E-state index in [4.69, 9.17) is 39.8 Å². The van der Waals surface area contributed by atoms with E-state index in [1.54, 1.807) is 36.4 Å². The number of furan rings is 1. The van der Waals surface area contributed by atoms with E-state index in [0.717, 1.165) is 11.1 Å². The number of carbonyl (C=O) groups excluding carboxylic acids is 2. The summed E-state index contributed by atoms with van der Waals surface area (Å²) in [5, 5.41) is 6.55. The Labute approximate surface area is 206 Å². The number of hydrogen-bond donors (Lipinski definition) is 2. The monoisotopic (exact) mass is 499 g/mol. The number of benzene rings is 2. The molecule has 0 spiro atoms. The minimum absolute atomic E-state index is 0.159. The zero-order valence-electron chi connectivity index (χ0n) is 17.5.